The highest BCUT2D eigenvalue weighted by Gasteiger charge is 2.16. The maximum absolute atomic E-state index is 13.3. The molecule has 0 amide bonds. The Kier molecular flexibility index (Phi) is 3.41. The minimum atomic E-state index is -3.74. The summed E-state index contributed by atoms with van der Waals surface area (Å²) in [5, 5.41) is 9.38. The number of isocyanates is 1. The molecule has 0 heterocycles. The quantitative estimate of drug-likeness (QED) is 0.629. The van der Waals surface area contributed by atoms with Crippen LogP contribution in [-0.2, 0) is 21.2 Å². The van der Waals surface area contributed by atoms with Crippen LogP contribution in [0.2, 0.25) is 0 Å². The third-order valence-corrected chi connectivity index (χ3v) is 2.96. The third kappa shape index (κ3) is 2.65. The second kappa shape index (κ2) is 4.42. The Balaban J connectivity index is 3.32. The fourth-order valence-corrected chi connectivity index (χ4v) is 1.85. The molecule has 5 nitrogen and oxygen atoms in total. The first-order valence-electron chi connectivity index (χ1n) is 4.11. The maximum Gasteiger partial charge on any atom is 0.235 e. The van der Waals surface area contributed by atoms with Gasteiger partial charge in [-0.1, -0.05) is 0 Å². The molecule has 0 aliphatic carbocycles. The van der Waals surface area contributed by atoms with E-state index >= 15 is 0 Å². The molecule has 0 fully saturated rings. The summed E-state index contributed by atoms with van der Waals surface area (Å²) in [6.07, 6.45) is 2.06. The molecule has 7 heteroatoms. The van der Waals surface area contributed by atoms with Crippen molar-refractivity contribution in [2.45, 2.75) is 11.4 Å². The lowest BCUT2D eigenvalue weighted by molar-refractivity contribution is 0.460. The van der Waals surface area contributed by atoms with Crippen molar-refractivity contribution >= 4 is 15.9 Å². The van der Waals surface area contributed by atoms with Gasteiger partial charge in [0.05, 0.1) is 6.54 Å². The number of phenolic OH excluding ortho intramolecular Hbond substituents is 1. The van der Waals surface area contributed by atoms with E-state index in [4.69, 9.17) is 0 Å². The van der Waals surface area contributed by atoms with E-state index in [1.54, 1.807) is 0 Å². The molecule has 1 rings (SSSR count). The van der Waals surface area contributed by atoms with Crippen molar-refractivity contribution in [1.29, 1.82) is 0 Å². The highest BCUT2D eigenvalue weighted by Crippen LogP contribution is 2.25. The number of hydrogen-bond donors (Lipinski definition) is 1. The molecule has 16 heavy (non-hydrogen) atoms. The third-order valence-electron chi connectivity index (χ3n) is 1.85. The lowest BCUT2D eigenvalue weighted by Gasteiger charge is -2.05. The SMILES string of the molecule is CS(=O)(=O)c1cc(O)c(CN=C=O)cc1F. The Bertz CT molecular complexity index is 561. The lowest BCUT2D eigenvalue weighted by atomic mass is 10.2. The predicted octanol–water partition coefficient (Wildman–Crippen LogP) is 0.771. The van der Waals surface area contributed by atoms with Gasteiger partial charge in [0.1, 0.15) is 16.5 Å². The zero-order valence-electron chi connectivity index (χ0n) is 8.27. The number of sulfone groups is 1. The van der Waals surface area contributed by atoms with Gasteiger partial charge in [-0.2, -0.15) is 0 Å². The highest BCUT2D eigenvalue weighted by atomic mass is 32.2. The van der Waals surface area contributed by atoms with Gasteiger partial charge in [-0.25, -0.2) is 22.6 Å². The maximum atomic E-state index is 13.3. The van der Waals surface area contributed by atoms with Gasteiger partial charge in [-0.05, 0) is 6.07 Å². The van der Waals surface area contributed by atoms with Gasteiger partial charge in [0.2, 0.25) is 6.08 Å². The fraction of sp³-hybridized carbons (Fsp3) is 0.222. The monoisotopic (exact) mass is 245 g/mol. The number of carbonyl (C=O) groups excluding carboxylic acids is 1. The van der Waals surface area contributed by atoms with E-state index in [1.165, 1.54) is 6.08 Å². The molecule has 0 atom stereocenters. The van der Waals surface area contributed by atoms with Crippen molar-refractivity contribution in [1.82, 2.24) is 0 Å². The number of aromatic hydroxyl groups is 1. The van der Waals surface area contributed by atoms with Gasteiger partial charge in [0.15, 0.2) is 9.84 Å². The minimum Gasteiger partial charge on any atom is -0.508 e. The molecule has 0 saturated carbocycles. The highest BCUT2D eigenvalue weighted by molar-refractivity contribution is 7.90. The number of rotatable bonds is 3. The van der Waals surface area contributed by atoms with Crippen LogP contribution in [0.15, 0.2) is 22.0 Å². The largest absolute Gasteiger partial charge is 0.508 e. The van der Waals surface area contributed by atoms with Crippen molar-refractivity contribution < 1.29 is 22.7 Å². The van der Waals surface area contributed by atoms with Gasteiger partial charge < -0.3 is 5.11 Å². The molecule has 0 saturated heterocycles. The average Bonchev–Trinajstić information content (AvgIpc) is 2.17. The molecule has 1 N–H and O–H groups in total. The van der Waals surface area contributed by atoms with Crippen LogP contribution in [0.1, 0.15) is 5.56 Å². The zero-order chi connectivity index (χ0) is 12.3. The van der Waals surface area contributed by atoms with E-state index in [9.17, 15) is 22.7 Å². The molecule has 1 aromatic rings. The molecular weight excluding hydrogens is 237 g/mol. The minimum absolute atomic E-state index is 0.0215. The van der Waals surface area contributed by atoms with Crippen LogP contribution in [0.5, 0.6) is 5.75 Å². The van der Waals surface area contributed by atoms with Crippen LogP contribution in [0.4, 0.5) is 4.39 Å². The molecule has 0 bridgehead atoms. The Hall–Kier alpha value is -1.72. The van der Waals surface area contributed by atoms with E-state index in [-0.39, 0.29) is 12.1 Å². The molecule has 0 aliphatic heterocycles. The summed E-state index contributed by atoms with van der Waals surface area (Å²) in [7, 11) is -3.74. The Morgan fingerprint density at radius 1 is 1.50 bits per heavy atom. The zero-order valence-corrected chi connectivity index (χ0v) is 9.08. The Morgan fingerprint density at radius 3 is 2.62 bits per heavy atom. The molecule has 0 aromatic heterocycles. The van der Waals surface area contributed by atoms with Crippen molar-refractivity contribution in [2.24, 2.45) is 4.99 Å². The fourth-order valence-electron chi connectivity index (χ4n) is 1.11. The summed E-state index contributed by atoms with van der Waals surface area (Å²) in [5.74, 6) is -1.42. The van der Waals surface area contributed by atoms with Crippen molar-refractivity contribution in [3.8, 4) is 5.75 Å². The van der Waals surface area contributed by atoms with E-state index in [2.05, 4.69) is 4.99 Å². The van der Waals surface area contributed by atoms with Crippen molar-refractivity contribution in [3.63, 3.8) is 0 Å². The molecule has 0 unspecified atom stereocenters. The average molecular weight is 245 g/mol. The van der Waals surface area contributed by atoms with Crippen molar-refractivity contribution in [2.75, 3.05) is 6.26 Å². The van der Waals surface area contributed by atoms with Crippen LogP contribution in [0, 0.1) is 5.82 Å². The molecule has 86 valence electrons. The summed E-state index contributed by atoms with van der Waals surface area (Å²) in [5.41, 5.74) is 0.0215. The van der Waals surface area contributed by atoms with Crippen LogP contribution in [0.25, 0.3) is 0 Å². The van der Waals surface area contributed by atoms with Gasteiger partial charge in [0, 0.05) is 17.9 Å². The second-order valence-electron chi connectivity index (χ2n) is 3.09. The summed E-state index contributed by atoms with van der Waals surface area (Å²) < 4.78 is 35.5. The normalized spacial score (nSPS) is 10.9. The summed E-state index contributed by atoms with van der Waals surface area (Å²) >= 11 is 0. The van der Waals surface area contributed by atoms with Gasteiger partial charge in [-0.15, -0.1) is 0 Å². The molecular formula is C9H8FNO4S. The molecule has 0 radical (unpaired) electrons. The van der Waals surface area contributed by atoms with E-state index < -0.39 is 26.3 Å². The number of hydrogen-bond acceptors (Lipinski definition) is 5. The number of halogens is 1. The van der Waals surface area contributed by atoms with Crippen LogP contribution >= 0.6 is 0 Å². The number of nitrogens with zero attached hydrogens (tertiary/aromatic N) is 1. The summed E-state index contributed by atoms with van der Waals surface area (Å²) in [6, 6.07) is 1.62. The first kappa shape index (κ1) is 12.4. The standard InChI is InChI=1S/C9H8FNO4S/c1-16(14,15)9-3-8(13)6(2-7(9)10)4-11-5-12/h2-3,13H,4H2,1H3. The van der Waals surface area contributed by atoms with Crippen LogP contribution in [-0.4, -0.2) is 25.9 Å². The lowest BCUT2D eigenvalue weighted by Crippen LogP contribution is -2.01. The van der Waals surface area contributed by atoms with Crippen LogP contribution < -0.4 is 0 Å². The van der Waals surface area contributed by atoms with Gasteiger partial charge in [0.25, 0.3) is 0 Å². The van der Waals surface area contributed by atoms with E-state index in [0.717, 1.165) is 18.4 Å². The first-order valence-corrected chi connectivity index (χ1v) is 6.00. The summed E-state index contributed by atoms with van der Waals surface area (Å²) in [6.45, 7) is -0.254. The van der Waals surface area contributed by atoms with E-state index in [1.807, 2.05) is 0 Å². The van der Waals surface area contributed by atoms with E-state index in [0.29, 0.717) is 0 Å². The number of aliphatic imine (C=N–C) groups is 1. The topological polar surface area (TPSA) is 83.8 Å². The van der Waals surface area contributed by atoms with Gasteiger partial charge >= 0.3 is 0 Å². The number of benzene rings is 1. The Morgan fingerprint density at radius 2 is 2.12 bits per heavy atom. The van der Waals surface area contributed by atoms with Crippen molar-refractivity contribution in [3.05, 3.63) is 23.5 Å². The smallest absolute Gasteiger partial charge is 0.235 e. The first-order chi connectivity index (χ1) is 7.36. The Labute approximate surface area is 91.2 Å². The molecule has 0 spiro atoms. The second-order valence-corrected chi connectivity index (χ2v) is 5.08. The molecule has 1 aromatic carbocycles. The predicted molar refractivity (Wildman–Crippen MR) is 53.0 cm³/mol. The molecule has 0 aliphatic rings. The summed E-state index contributed by atoms with van der Waals surface area (Å²) in [4.78, 5) is 12.4. The van der Waals surface area contributed by atoms with Crippen LogP contribution in [0.3, 0.4) is 0 Å². The van der Waals surface area contributed by atoms with Gasteiger partial charge in [-0.3, -0.25) is 0 Å². The number of phenols is 1.